The Bertz CT molecular complexity index is 1670. The van der Waals surface area contributed by atoms with E-state index in [4.69, 9.17) is 21.3 Å². The van der Waals surface area contributed by atoms with E-state index in [9.17, 15) is 13.2 Å². The van der Waals surface area contributed by atoms with Crippen molar-refractivity contribution < 1.29 is 17.9 Å². The van der Waals surface area contributed by atoms with Gasteiger partial charge in [0.25, 0.3) is 10.0 Å². The van der Waals surface area contributed by atoms with Gasteiger partial charge in [-0.1, -0.05) is 60.1 Å². The van der Waals surface area contributed by atoms with Crippen molar-refractivity contribution in [2.24, 2.45) is 0 Å². The fourth-order valence-corrected chi connectivity index (χ4v) is 5.60. The minimum atomic E-state index is -4.11. The predicted octanol–water partition coefficient (Wildman–Crippen LogP) is 5.71. The fraction of sp³-hybridized carbons (Fsp3) is 0.0714. The highest BCUT2D eigenvalue weighted by molar-refractivity contribution is 7.92. The Balaban J connectivity index is 1.69. The number of hydrogen-bond donors (Lipinski definition) is 0. The number of imidazole rings is 1. The van der Waals surface area contributed by atoms with Crippen LogP contribution < -0.4 is 4.31 Å². The van der Waals surface area contributed by atoms with Gasteiger partial charge in [-0.15, -0.1) is 0 Å². The highest BCUT2D eigenvalue weighted by Gasteiger charge is 2.28. The molecule has 186 valence electrons. The predicted molar refractivity (Wildman–Crippen MR) is 145 cm³/mol. The molecule has 0 aliphatic rings. The number of sulfonamides is 1. The van der Waals surface area contributed by atoms with E-state index >= 15 is 0 Å². The van der Waals surface area contributed by atoms with Crippen LogP contribution in [0.2, 0.25) is 5.02 Å². The van der Waals surface area contributed by atoms with Crippen LogP contribution in [0.4, 0.5) is 5.69 Å². The van der Waals surface area contributed by atoms with Gasteiger partial charge in [-0.05, 0) is 54.6 Å². The molecule has 7 nitrogen and oxygen atoms in total. The Morgan fingerprint density at radius 2 is 1.57 bits per heavy atom. The molecular formula is C28H22ClN3O4S. The Labute approximate surface area is 219 Å². The largest absolute Gasteiger partial charge is 0.468 e. The minimum Gasteiger partial charge on any atom is -0.468 e. The van der Waals surface area contributed by atoms with Gasteiger partial charge in [0.2, 0.25) is 0 Å². The molecule has 0 fully saturated rings. The molecule has 0 aliphatic carbocycles. The van der Waals surface area contributed by atoms with Crippen molar-refractivity contribution in [1.82, 2.24) is 9.55 Å². The number of halogens is 1. The van der Waals surface area contributed by atoms with Crippen molar-refractivity contribution in [2.75, 3.05) is 18.0 Å². The van der Waals surface area contributed by atoms with Gasteiger partial charge >= 0.3 is 5.97 Å². The Morgan fingerprint density at radius 1 is 0.919 bits per heavy atom. The van der Waals surface area contributed by atoms with Crippen LogP contribution in [0.1, 0.15) is 0 Å². The van der Waals surface area contributed by atoms with Gasteiger partial charge in [-0.3, -0.25) is 13.7 Å². The molecule has 9 heteroatoms. The third-order valence-corrected chi connectivity index (χ3v) is 7.91. The van der Waals surface area contributed by atoms with Crippen LogP contribution in [0, 0.1) is 0 Å². The highest BCUT2D eigenvalue weighted by Crippen LogP contribution is 2.32. The number of anilines is 1. The molecule has 0 atom stereocenters. The summed E-state index contributed by atoms with van der Waals surface area (Å²) in [5.41, 5.74) is 3.46. The summed E-state index contributed by atoms with van der Waals surface area (Å²) in [4.78, 5) is 17.1. The first-order valence-electron chi connectivity index (χ1n) is 11.4. The quantitative estimate of drug-likeness (QED) is 0.251. The summed E-state index contributed by atoms with van der Waals surface area (Å²) in [6, 6.07) is 30.4. The van der Waals surface area contributed by atoms with Crippen molar-refractivity contribution in [2.45, 2.75) is 4.90 Å². The van der Waals surface area contributed by atoms with E-state index in [0.717, 1.165) is 21.1 Å². The molecule has 0 aliphatic heterocycles. The van der Waals surface area contributed by atoms with Crippen LogP contribution in [-0.4, -0.2) is 37.6 Å². The van der Waals surface area contributed by atoms with Gasteiger partial charge in [0.1, 0.15) is 12.4 Å². The molecule has 5 rings (SSSR count). The van der Waals surface area contributed by atoms with E-state index in [2.05, 4.69) is 0 Å². The number of ether oxygens (including phenoxy) is 1. The van der Waals surface area contributed by atoms with Crippen molar-refractivity contribution in [3.8, 4) is 17.1 Å². The molecular weight excluding hydrogens is 510 g/mol. The number of rotatable bonds is 7. The van der Waals surface area contributed by atoms with Crippen molar-refractivity contribution in [1.29, 1.82) is 0 Å². The van der Waals surface area contributed by atoms with Gasteiger partial charge in [0.05, 0.1) is 28.7 Å². The molecule has 0 saturated carbocycles. The first-order valence-corrected chi connectivity index (χ1v) is 13.2. The standard InChI is InChI=1S/C28H22ClN3O4S/c1-36-27(33)19-31(37(34,35)24-15-12-21(29)13-16-24)23-14-17-26-25(18-23)30-28(20-8-4-2-5-9-20)32(26)22-10-6-3-7-11-22/h2-18H,19H2,1H3. The van der Waals surface area contributed by atoms with E-state index in [1.54, 1.807) is 18.2 Å². The summed E-state index contributed by atoms with van der Waals surface area (Å²) in [6.45, 7) is -0.502. The van der Waals surface area contributed by atoms with Crippen molar-refractivity contribution >= 4 is 44.3 Å². The van der Waals surface area contributed by atoms with Crippen molar-refractivity contribution in [3.05, 3.63) is 108 Å². The number of aromatic nitrogens is 2. The van der Waals surface area contributed by atoms with Crippen LogP contribution in [0.15, 0.2) is 108 Å². The number of carbonyl (C=O) groups excluding carboxylic acids is 1. The molecule has 0 N–H and O–H groups in total. The maximum Gasteiger partial charge on any atom is 0.326 e. The van der Waals surface area contributed by atoms with E-state index < -0.39 is 22.5 Å². The van der Waals surface area contributed by atoms with Gasteiger partial charge in [0, 0.05) is 16.3 Å². The van der Waals surface area contributed by atoms with E-state index in [0.29, 0.717) is 16.4 Å². The minimum absolute atomic E-state index is 0.000638. The number of carbonyl (C=O) groups is 1. The second kappa shape index (κ2) is 10.1. The number of nitrogens with zero attached hydrogens (tertiary/aromatic N) is 3. The van der Waals surface area contributed by atoms with Crippen LogP contribution >= 0.6 is 11.6 Å². The molecule has 1 heterocycles. The first-order chi connectivity index (χ1) is 17.9. The van der Waals surface area contributed by atoms with Gasteiger partial charge in [-0.2, -0.15) is 0 Å². The number of fused-ring (bicyclic) bond motifs is 1. The van der Waals surface area contributed by atoms with E-state index in [1.165, 1.54) is 31.4 Å². The number of benzene rings is 4. The third-order valence-electron chi connectivity index (χ3n) is 5.87. The van der Waals surface area contributed by atoms with E-state index in [-0.39, 0.29) is 10.6 Å². The fourth-order valence-electron chi connectivity index (χ4n) is 4.07. The second-order valence-electron chi connectivity index (χ2n) is 8.19. The molecule has 0 amide bonds. The van der Waals surface area contributed by atoms with E-state index in [1.807, 2.05) is 65.2 Å². The zero-order chi connectivity index (χ0) is 26.0. The third kappa shape index (κ3) is 4.81. The lowest BCUT2D eigenvalue weighted by molar-refractivity contribution is -0.138. The molecule has 1 aromatic heterocycles. The van der Waals surface area contributed by atoms with Crippen LogP contribution in [-0.2, 0) is 19.6 Å². The molecule has 4 aromatic carbocycles. The topological polar surface area (TPSA) is 81.5 Å². The van der Waals surface area contributed by atoms with Crippen LogP contribution in [0.25, 0.3) is 28.1 Å². The molecule has 0 radical (unpaired) electrons. The molecule has 0 saturated heterocycles. The monoisotopic (exact) mass is 531 g/mol. The lowest BCUT2D eigenvalue weighted by Gasteiger charge is -2.23. The SMILES string of the molecule is COC(=O)CN(c1ccc2c(c1)nc(-c1ccccc1)n2-c1ccccc1)S(=O)(=O)c1ccc(Cl)cc1. The molecule has 0 bridgehead atoms. The Hall–Kier alpha value is -4.14. The lowest BCUT2D eigenvalue weighted by Crippen LogP contribution is -2.36. The zero-order valence-corrected chi connectivity index (χ0v) is 21.4. The summed E-state index contributed by atoms with van der Waals surface area (Å²) >= 11 is 5.96. The number of para-hydroxylation sites is 1. The molecule has 37 heavy (non-hydrogen) atoms. The summed E-state index contributed by atoms with van der Waals surface area (Å²) in [7, 11) is -2.90. The molecule has 0 spiro atoms. The smallest absolute Gasteiger partial charge is 0.326 e. The average Bonchev–Trinajstić information content (AvgIpc) is 3.31. The highest BCUT2D eigenvalue weighted by atomic mass is 35.5. The van der Waals surface area contributed by atoms with Gasteiger partial charge < -0.3 is 4.74 Å². The number of esters is 1. The Morgan fingerprint density at radius 3 is 2.22 bits per heavy atom. The van der Waals surface area contributed by atoms with Gasteiger partial charge in [0.15, 0.2) is 0 Å². The number of methoxy groups -OCH3 is 1. The van der Waals surface area contributed by atoms with Gasteiger partial charge in [-0.25, -0.2) is 13.4 Å². The summed E-state index contributed by atoms with van der Waals surface area (Å²) in [5, 5.41) is 0.403. The zero-order valence-electron chi connectivity index (χ0n) is 19.8. The Kier molecular flexibility index (Phi) is 6.69. The molecule has 5 aromatic rings. The van der Waals surface area contributed by atoms with Crippen LogP contribution in [0.3, 0.4) is 0 Å². The summed E-state index contributed by atoms with van der Waals surface area (Å²) in [6.07, 6.45) is 0. The second-order valence-corrected chi connectivity index (χ2v) is 10.5. The summed E-state index contributed by atoms with van der Waals surface area (Å²) < 4.78 is 35.0. The maximum atomic E-state index is 13.6. The number of hydrogen-bond acceptors (Lipinski definition) is 5. The lowest BCUT2D eigenvalue weighted by atomic mass is 10.2. The normalized spacial score (nSPS) is 11.4. The average molecular weight is 532 g/mol. The van der Waals surface area contributed by atoms with Crippen LogP contribution in [0.5, 0.6) is 0 Å². The molecule has 0 unspecified atom stereocenters. The maximum absolute atomic E-state index is 13.6. The summed E-state index contributed by atoms with van der Waals surface area (Å²) in [5.74, 6) is 0.0106. The first kappa shape index (κ1) is 24.5. The van der Waals surface area contributed by atoms with Crippen molar-refractivity contribution in [3.63, 3.8) is 0 Å².